The second-order valence-corrected chi connectivity index (χ2v) is 12.3. The molecule has 3 N–H and O–H groups in total. The monoisotopic (exact) mass is 594 g/mol. The van der Waals surface area contributed by atoms with Crippen LogP contribution in [0, 0.1) is 5.92 Å². The Balaban J connectivity index is 1.19. The lowest BCUT2D eigenvalue weighted by molar-refractivity contribution is -0.212. The van der Waals surface area contributed by atoms with Crippen LogP contribution in [0.4, 0.5) is 10.5 Å². The molecule has 4 aliphatic heterocycles. The Kier molecular flexibility index (Phi) is 7.79. The molecule has 0 aromatic heterocycles. The SMILES string of the molecule is CN1CCC(CN2CCOC3(C2)CN(C2(c4ccc(C(=O)Nc5ccc(Cl)cc5)cc4)C(=O)NC(=O)NC2=O)C3)CC1. The van der Waals surface area contributed by atoms with Crippen molar-refractivity contribution >= 4 is 41.0 Å². The number of halogens is 1. The number of carbonyl (C=O) groups is 4. The number of likely N-dealkylation sites (tertiary alicyclic amines) is 2. The van der Waals surface area contributed by atoms with Crippen LogP contribution in [-0.4, -0.2) is 104 Å². The molecule has 4 saturated heterocycles. The summed E-state index contributed by atoms with van der Waals surface area (Å²) in [5.74, 6) is -1.14. The number of hydrogen-bond donors (Lipinski definition) is 3. The zero-order valence-electron chi connectivity index (χ0n) is 23.5. The van der Waals surface area contributed by atoms with Gasteiger partial charge in [-0.25, -0.2) is 4.79 Å². The maximum Gasteiger partial charge on any atom is 0.328 e. The van der Waals surface area contributed by atoms with Gasteiger partial charge in [0.1, 0.15) is 5.60 Å². The van der Waals surface area contributed by atoms with Crippen molar-refractivity contribution in [2.75, 3.05) is 64.8 Å². The molecule has 0 radical (unpaired) electrons. The van der Waals surface area contributed by atoms with Gasteiger partial charge in [0.2, 0.25) is 5.54 Å². The number of urea groups is 1. The van der Waals surface area contributed by atoms with E-state index in [4.69, 9.17) is 16.3 Å². The van der Waals surface area contributed by atoms with E-state index in [9.17, 15) is 19.2 Å². The largest absolute Gasteiger partial charge is 0.370 e. The van der Waals surface area contributed by atoms with Crippen LogP contribution in [0.5, 0.6) is 0 Å². The number of carbonyl (C=O) groups excluding carboxylic acids is 4. The van der Waals surface area contributed by atoms with Crippen LogP contribution in [0.15, 0.2) is 48.5 Å². The molecule has 2 aromatic carbocycles. The lowest BCUT2D eigenvalue weighted by Crippen LogP contribution is -2.80. The maximum atomic E-state index is 13.5. The van der Waals surface area contributed by atoms with E-state index in [2.05, 4.69) is 32.8 Å². The smallest absolute Gasteiger partial charge is 0.328 e. The summed E-state index contributed by atoms with van der Waals surface area (Å²) >= 11 is 5.93. The summed E-state index contributed by atoms with van der Waals surface area (Å²) in [4.78, 5) is 58.5. The molecule has 1 spiro atoms. The molecule has 222 valence electrons. The average molecular weight is 595 g/mol. The first kappa shape index (κ1) is 28.8. The normalized spacial score (nSPS) is 23.2. The summed E-state index contributed by atoms with van der Waals surface area (Å²) < 4.78 is 6.26. The number of benzene rings is 2. The number of morpholine rings is 1. The van der Waals surface area contributed by atoms with E-state index >= 15 is 0 Å². The number of ether oxygens (including phenoxy) is 1. The minimum absolute atomic E-state index is 0.344. The van der Waals surface area contributed by atoms with Crippen molar-refractivity contribution in [3.63, 3.8) is 0 Å². The molecule has 42 heavy (non-hydrogen) atoms. The van der Waals surface area contributed by atoms with E-state index in [-0.39, 0.29) is 5.91 Å². The number of nitrogens with one attached hydrogen (secondary N) is 3. The van der Waals surface area contributed by atoms with Gasteiger partial charge in [-0.3, -0.25) is 34.8 Å². The minimum atomic E-state index is -1.77. The Hall–Kier alpha value is -3.35. The summed E-state index contributed by atoms with van der Waals surface area (Å²) in [6, 6.07) is 12.2. The highest BCUT2D eigenvalue weighted by molar-refractivity contribution is 6.30. The number of imide groups is 2. The van der Waals surface area contributed by atoms with Gasteiger partial charge in [-0.1, -0.05) is 23.7 Å². The van der Waals surface area contributed by atoms with E-state index in [1.54, 1.807) is 53.4 Å². The number of piperidine rings is 1. The Labute approximate surface area is 249 Å². The maximum absolute atomic E-state index is 13.5. The summed E-state index contributed by atoms with van der Waals surface area (Å²) in [5.41, 5.74) is -0.988. The van der Waals surface area contributed by atoms with Crippen LogP contribution in [0.3, 0.4) is 0 Å². The zero-order valence-corrected chi connectivity index (χ0v) is 24.3. The molecule has 6 rings (SSSR count). The Morgan fingerprint density at radius 2 is 1.60 bits per heavy atom. The molecule has 11 nitrogen and oxygen atoms in total. The third-order valence-corrected chi connectivity index (χ3v) is 9.14. The molecular weight excluding hydrogens is 560 g/mol. The third-order valence-electron chi connectivity index (χ3n) is 8.89. The predicted octanol–water partition coefficient (Wildman–Crippen LogP) is 1.88. The second kappa shape index (κ2) is 11.4. The highest BCUT2D eigenvalue weighted by Gasteiger charge is 2.63. The van der Waals surface area contributed by atoms with Crippen molar-refractivity contribution in [1.29, 1.82) is 0 Å². The fourth-order valence-corrected chi connectivity index (χ4v) is 6.75. The Morgan fingerprint density at radius 1 is 0.952 bits per heavy atom. The fraction of sp³-hybridized carbons (Fsp3) is 0.467. The zero-order chi connectivity index (χ0) is 29.5. The van der Waals surface area contributed by atoms with Crippen molar-refractivity contribution in [3.8, 4) is 0 Å². The van der Waals surface area contributed by atoms with Crippen molar-refractivity contribution in [3.05, 3.63) is 64.7 Å². The topological polar surface area (TPSA) is 123 Å². The Morgan fingerprint density at radius 3 is 2.24 bits per heavy atom. The minimum Gasteiger partial charge on any atom is -0.370 e. The van der Waals surface area contributed by atoms with Gasteiger partial charge >= 0.3 is 6.03 Å². The lowest BCUT2D eigenvalue weighted by Gasteiger charge is -2.59. The van der Waals surface area contributed by atoms with E-state index < -0.39 is 29.0 Å². The molecule has 4 fully saturated rings. The van der Waals surface area contributed by atoms with Gasteiger partial charge in [-0.15, -0.1) is 0 Å². The van der Waals surface area contributed by atoms with Crippen LogP contribution < -0.4 is 16.0 Å². The standard InChI is InChI=1S/C30H35ClN6O5/c1-35-12-10-20(11-13-35)16-36-14-15-42-29(17-36)18-37(19-29)30(26(39)33-28(41)34-27(30)40)22-4-2-21(3-5-22)25(38)32-24-8-6-23(31)7-9-24/h2-9,20H,10-19H2,1H3,(H,32,38)(H2,33,34,39,40,41). The van der Waals surface area contributed by atoms with Crippen LogP contribution in [0.1, 0.15) is 28.8 Å². The molecule has 0 aliphatic carbocycles. The van der Waals surface area contributed by atoms with Crippen LogP contribution in [-0.2, 0) is 19.9 Å². The molecule has 4 heterocycles. The van der Waals surface area contributed by atoms with Gasteiger partial charge in [0, 0.05) is 49.0 Å². The van der Waals surface area contributed by atoms with E-state index in [1.165, 1.54) is 12.8 Å². The molecule has 0 unspecified atom stereocenters. The number of nitrogens with zero attached hydrogens (tertiary/aromatic N) is 3. The highest BCUT2D eigenvalue weighted by atomic mass is 35.5. The van der Waals surface area contributed by atoms with Gasteiger partial charge < -0.3 is 15.0 Å². The number of barbiturate groups is 1. The first-order valence-electron chi connectivity index (χ1n) is 14.3. The number of anilines is 1. The van der Waals surface area contributed by atoms with Crippen LogP contribution in [0.2, 0.25) is 5.02 Å². The number of rotatable bonds is 6. The van der Waals surface area contributed by atoms with E-state index in [1.807, 2.05) is 0 Å². The average Bonchev–Trinajstić information content (AvgIpc) is 2.95. The van der Waals surface area contributed by atoms with Crippen molar-refractivity contribution in [1.82, 2.24) is 25.3 Å². The quantitative estimate of drug-likeness (QED) is 0.433. The highest BCUT2D eigenvalue weighted by Crippen LogP contribution is 2.41. The van der Waals surface area contributed by atoms with Crippen LogP contribution in [0.25, 0.3) is 0 Å². The van der Waals surface area contributed by atoms with Crippen LogP contribution >= 0.6 is 11.6 Å². The van der Waals surface area contributed by atoms with E-state index in [0.717, 1.165) is 32.7 Å². The first-order chi connectivity index (χ1) is 20.2. The molecule has 0 saturated carbocycles. The van der Waals surface area contributed by atoms with Gasteiger partial charge in [-0.05, 0) is 80.9 Å². The van der Waals surface area contributed by atoms with Crippen molar-refractivity contribution in [2.24, 2.45) is 5.92 Å². The molecule has 4 aliphatic rings. The van der Waals surface area contributed by atoms with Gasteiger partial charge in [0.05, 0.1) is 6.61 Å². The van der Waals surface area contributed by atoms with E-state index in [0.29, 0.717) is 47.5 Å². The summed E-state index contributed by atoms with van der Waals surface area (Å²) in [6.45, 7) is 6.10. The molecule has 0 atom stereocenters. The Bertz CT molecular complexity index is 1350. The summed E-state index contributed by atoms with van der Waals surface area (Å²) in [6.07, 6.45) is 2.36. The summed E-state index contributed by atoms with van der Waals surface area (Å²) in [7, 11) is 2.16. The number of hydrogen-bond acceptors (Lipinski definition) is 8. The molecular formula is C30H35ClN6O5. The summed E-state index contributed by atoms with van der Waals surface area (Å²) in [5, 5.41) is 7.93. The molecule has 5 amide bonds. The van der Waals surface area contributed by atoms with Crippen molar-refractivity contribution in [2.45, 2.75) is 24.0 Å². The number of amides is 5. The molecule has 12 heteroatoms. The third kappa shape index (κ3) is 5.43. The fourth-order valence-electron chi connectivity index (χ4n) is 6.62. The predicted molar refractivity (Wildman–Crippen MR) is 156 cm³/mol. The molecule has 2 aromatic rings. The van der Waals surface area contributed by atoms with Gasteiger partial charge in [-0.2, -0.15) is 0 Å². The first-order valence-corrected chi connectivity index (χ1v) is 14.7. The molecule has 0 bridgehead atoms. The van der Waals surface area contributed by atoms with Gasteiger partial charge in [0.15, 0.2) is 0 Å². The van der Waals surface area contributed by atoms with Crippen molar-refractivity contribution < 1.29 is 23.9 Å². The second-order valence-electron chi connectivity index (χ2n) is 11.9. The van der Waals surface area contributed by atoms with Gasteiger partial charge in [0.25, 0.3) is 17.7 Å². The lowest BCUT2D eigenvalue weighted by atomic mass is 9.78.